The molecule has 1 atom stereocenters. The Labute approximate surface area is 288 Å². The van der Waals surface area contributed by atoms with Crippen molar-refractivity contribution in [1.29, 1.82) is 5.26 Å². The molecule has 1 amide bonds. The van der Waals surface area contributed by atoms with Crippen LogP contribution in [-0.4, -0.2) is 22.5 Å². The van der Waals surface area contributed by atoms with Crippen molar-refractivity contribution in [2.24, 2.45) is 17.3 Å². The number of unbranched alkanes of at least 4 members (excludes halogenated alkanes) is 1. The van der Waals surface area contributed by atoms with Gasteiger partial charge in [-0.15, -0.1) is 0 Å². The van der Waals surface area contributed by atoms with Crippen LogP contribution in [0.4, 0.5) is 4.39 Å². The molecule has 256 valence electrons. The van der Waals surface area contributed by atoms with Gasteiger partial charge in [0.15, 0.2) is 0 Å². The minimum absolute atomic E-state index is 0.0804. The second kappa shape index (κ2) is 16.0. The van der Waals surface area contributed by atoms with E-state index < -0.39 is 5.41 Å². The molecular formula is C43H55FN2O2. The number of fused-ring (bicyclic) bond motifs is 1. The fraction of sp³-hybridized carbons (Fsp3) is 0.488. The van der Waals surface area contributed by atoms with Gasteiger partial charge >= 0.3 is 0 Å². The zero-order valence-corrected chi connectivity index (χ0v) is 30.3. The van der Waals surface area contributed by atoms with Crippen molar-refractivity contribution in [2.45, 2.75) is 113 Å². The zero-order valence-electron chi connectivity index (χ0n) is 30.3. The third-order valence-corrected chi connectivity index (χ3v) is 10.0. The van der Waals surface area contributed by atoms with E-state index in [4.69, 9.17) is 0 Å². The highest BCUT2D eigenvalue weighted by atomic mass is 19.1. The van der Waals surface area contributed by atoms with Crippen LogP contribution in [0, 0.1) is 34.4 Å². The number of halogens is 1. The lowest BCUT2D eigenvalue weighted by Crippen LogP contribution is -2.38. The maximum absolute atomic E-state index is 17.7. The van der Waals surface area contributed by atoms with Crippen molar-refractivity contribution in [2.75, 3.05) is 6.54 Å². The number of nitrogens with zero attached hydrogens (tertiary/aromatic N) is 2. The Bertz CT molecular complexity index is 1730. The van der Waals surface area contributed by atoms with Crippen LogP contribution in [0.15, 0.2) is 60.3 Å². The zero-order chi connectivity index (χ0) is 35.2. The Hall–Kier alpha value is -3.91. The Kier molecular flexibility index (Phi) is 12.3. The number of benzene rings is 3. The molecule has 4 nitrogen and oxygen atoms in total. The summed E-state index contributed by atoms with van der Waals surface area (Å²) in [6.45, 7) is 19.9. The van der Waals surface area contributed by atoms with Gasteiger partial charge in [-0.05, 0) is 114 Å². The summed E-state index contributed by atoms with van der Waals surface area (Å²) < 4.78 is 17.7. The van der Waals surface area contributed by atoms with Gasteiger partial charge < -0.3 is 10.0 Å². The van der Waals surface area contributed by atoms with Gasteiger partial charge in [0.25, 0.3) is 0 Å². The number of phenolic OH excluding ortho intramolecular Hbond substituents is 1. The molecule has 0 saturated heterocycles. The number of hydrogen-bond acceptors (Lipinski definition) is 3. The number of nitriles is 1. The van der Waals surface area contributed by atoms with E-state index in [-0.39, 0.29) is 17.5 Å². The van der Waals surface area contributed by atoms with E-state index in [2.05, 4.69) is 60.3 Å². The fourth-order valence-corrected chi connectivity index (χ4v) is 7.62. The van der Waals surface area contributed by atoms with Crippen LogP contribution in [0.5, 0.6) is 5.75 Å². The molecule has 4 rings (SSSR count). The molecule has 1 N–H and O–H groups in total. The molecule has 48 heavy (non-hydrogen) atoms. The van der Waals surface area contributed by atoms with Gasteiger partial charge in [-0.2, -0.15) is 5.26 Å². The second-order valence-corrected chi connectivity index (χ2v) is 14.6. The Morgan fingerprint density at radius 3 is 2.35 bits per heavy atom. The number of carbonyl (C=O) groups excluding carboxylic acids is 1. The highest BCUT2D eigenvalue weighted by molar-refractivity contribution is 6.06. The van der Waals surface area contributed by atoms with E-state index in [1.807, 2.05) is 36.1 Å². The van der Waals surface area contributed by atoms with Crippen molar-refractivity contribution < 1.29 is 14.3 Å². The topological polar surface area (TPSA) is 64.3 Å². The van der Waals surface area contributed by atoms with Crippen LogP contribution in [0.25, 0.3) is 27.5 Å². The molecule has 3 aromatic carbocycles. The first kappa shape index (κ1) is 36.9. The van der Waals surface area contributed by atoms with Crippen LogP contribution in [-0.2, 0) is 17.6 Å². The van der Waals surface area contributed by atoms with Crippen LogP contribution < -0.4 is 0 Å². The third kappa shape index (κ3) is 7.39. The summed E-state index contributed by atoms with van der Waals surface area (Å²) in [7, 11) is 0. The van der Waals surface area contributed by atoms with Crippen molar-refractivity contribution in [3.8, 4) is 22.9 Å². The first-order valence-electron chi connectivity index (χ1n) is 18.1. The molecule has 1 aliphatic rings. The van der Waals surface area contributed by atoms with Crippen molar-refractivity contribution in [3.63, 3.8) is 0 Å². The molecule has 0 aromatic heterocycles. The highest BCUT2D eigenvalue weighted by Crippen LogP contribution is 2.55. The molecule has 1 heterocycles. The molecule has 1 unspecified atom stereocenters. The standard InChI is InChI=1S/C43H55FN2O2/c1-9-16-35-37(39-41(30(7)8)46(24-21-29(5)6)42(48)43(39,10-2)22-15-17-28(3)4)26-32(19-13-14-23-45)38(40(35)44)36-27-33(47)25-31-18-11-12-20-34(31)36/h11-12,18,20,25-29,47H,7,9-10,13-17,19,21-22,24H2,1-6,8H3. The van der Waals surface area contributed by atoms with E-state index in [9.17, 15) is 15.2 Å². The molecule has 0 saturated carbocycles. The maximum atomic E-state index is 17.7. The van der Waals surface area contributed by atoms with Crippen molar-refractivity contribution in [1.82, 2.24) is 4.90 Å². The smallest absolute Gasteiger partial charge is 0.237 e. The lowest BCUT2D eigenvalue weighted by atomic mass is 9.69. The summed E-state index contributed by atoms with van der Waals surface area (Å²) in [4.78, 5) is 16.8. The SMILES string of the molecule is C=C(C)C1=C(c2cc(CCCC#N)c(-c3cc(O)cc4ccccc34)c(F)c2CCC)C(CC)(CCCC(C)C)C(=O)N1CCC(C)C. The van der Waals surface area contributed by atoms with E-state index >= 15 is 4.39 Å². The maximum Gasteiger partial charge on any atom is 0.237 e. The summed E-state index contributed by atoms with van der Waals surface area (Å²) in [5.41, 5.74) is 5.13. The van der Waals surface area contributed by atoms with Crippen molar-refractivity contribution >= 4 is 22.3 Å². The van der Waals surface area contributed by atoms with Crippen LogP contribution in [0.3, 0.4) is 0 Å². The van der Waals surface area contributed by atoms with Gasteiger partial charge in [0, 0.05) is 18.5 Å². The number of aryl methyl sites for hydroxylation is 1. The average Bonchev–Trinajstić information content (AvgIpc) is 3.28. The van der Waals surface area contributed by atoms with Crippen LogP contribution in [0.1, 0.15) is 117 Å². The predicted octanol–water partition coefficient (Wildman–Crippen LogP) is 11.5. The molecule has 0 aliphatic carbocycles. The van der Waals surface area contributed by atoms with Crippen LogP contribution in [0.2, 0.25) is 0 Å². The highest BCUT2D eigenvalue weighted by Gasteiger charge is 2.52. The number of carbonyl (C=O) groups is 1. The third-order valence-electron chi connectivity index (χ3n) is 10.0. The van der Waals surface area contributed by atoms with E-state index in [0.29, 0.717) is 73.6 Å². The van der Waals surface area contributed by atoms with Gasteiger partial charge in [-0.25, -0.2) is 4.39 Å². The van der Waals surface area contributed by atoms with Gasteiger partial charge in [0.1, 0.15) is 11.6 Å². The molecule has 0 spiro atoms. The number of allylic oxidation sites excluding steroid dienone is 1. The lowest BCUT2D eigenvalue weighted by Gasteiger charge is -2.32. The molecule has 1 aliphatic heterocycles. The monoisotopic (exact) mass is 650 g/mol. The Morgan fingerprint density at radius 1 is 1.02 bits per heavy atom. The number of hydrogen-bond donors (Lipinski definition) is 1. The quantitative estimate of drug-likeness (QED) is 0.157. The summed E-state index contributed by atoms with van der Waals surface area (Å²) in [6, 6.07) is 15.5. The number of phenols is 1. The van der Waals surface area contributed by atoms with Gasteiger partial charge in [-0.1, -0.05) is 97.7 Å². The molecule has 5 heteroatoms. The molecular weight excluding hydrogens is 595 g/mol. The van der Waals surface area contributed by atoms with Gasteiger partial charge in [0.2, 0.25) is 5.91 Å². The Morgan fingerprint density at radius 2 is 1.73 bits per heavy atom. The largest absolute Gasteiger partial charge is 0.508 e. The summed E-state index contributed by atoms with van der Waals surface area (Å²) in [6.07, 6.45) is 6.73. The van der Waals surface area contributed by atoms with E-state index in [1.54, 1.807) is 12.1 Å². The first-order valence-corrected chi connectivity index (χ1v) is 18.1. The number of aromatic hydroxyl groups is 1. The fourth-order valence-electron chi connectivity index (χ4n) is 7.62. The van der Waals surface area contributed by atoms with Crippen LogP contribution >= 0.6 is 0 Å². The summed E-state index contributed by atoms with van der Waals surface area (Å²) in [5.74, 6) is 0.820. The second-order valence-electron chi connectivity index (χ2n) is 14.6. The van der Waals surface area contributed by atoms with Gasteiger partial charge in [0.05, 0.1) is 17.2 Å². The average molecular weight is 651 g/mol. The van der Waals surface area contributed by atoms with E-state index in [0.717, 1.165) is 64.4 Å². The molecule has 0 bridgehead atoms. The first-order chi connectivity index (χ1) is 22.9. The number of rotatable bonds is 16. The normalized spacial score (nSPS) is 16.5. The summed E-state index contributed by atoms with van der Waals surface area (Å²) in [5, 5.41) is 22.0. The van der Waals surface area contributed by atoms with Crippen molar-refractivity contribution in [3.05, 3.63) is 82.8 Å². The Balaban J connectivity index is 2.13. The summed E-state index contributed by atoms with van der Waals surface area (Å²) >= 11 is 0. The minimum Gasteiger partial charge on any atom is -0.508 e. The number of amides is 1. The molecule has 3 aromatic rings. The predicted molar refractivity (Wildman–Crippen MR) is 198 cm³/mol. The molecule has 0 radical (unpaired) electrons. The van der Waals surface area contributed by atoms with E-state index in [1.165, 1.54) is 0 Å². The lowest BCUT2D eigenvalue weighted by molar-refractivity contribution is -0.135. The van der Waals surface area contributed by atoms with Gasteiger partial charge in [-0.3, -0.25) is 4.79 Å². The minimum atomic E-state index is -0.793. The molecule has 0 fully saturated rings.